The van der Waals surface area contributed by atoms with Crippen molar-refractivity contribution in [3.05, 3.63) is 234 Å². The van der Waals surface area contributed by atoms with Crippen LogP contribution in [0.5, 0.6) is 0 Å². The number of para-hydroxylation sites is 1. The second-order valence-electron chi connectivity index (χ2n) is 14.9. The third kappa shape index (κ3) is 5.12. The Bertz CT molecular complexity index is 2920. The van der Waals surface area contributed by atoms with Gasteiger partial charge in [-0.05, 0) is 69.3 Å². The molecule has 2 aromatic heterocycles. The van der Waals surface area contributed by atoms with Gasteiger partial charge in [-0.3, -0.25) is 0 Å². The third-order valence-corrected chi connectivity index (χ3v) is 11.9. The van der Waals surface area contributed by atoms with Crippen LogP contribution in [-0.2, 0) is 5.41 Å². The Morgan fingerprint density at radius 1 is 0.464 bits per heavy atom. The third-order valence-electron chi connectivity index (χ3n) is 11.9. The Labute approximate surface area is 326 Å². The highest BCUT2D eigenvalue weighted by Gasteiger charge is 2.53. The van der Waals surface area contributed by atoms with E-state index in [1.165, 1.54) is 27.8 Å². The number of nitrogens with zero attached hydrogens (tertiary/aromatic N) is 2. The van der Waals surface area contributed by atoms with E-state index in [9.17, 15) is 0 Å². The second-order valence-corrected chi connectivity index (χ2v) is 14.9. The largest absolute Gasteiger partial charge is 0.456 e. The molecule has 2 aliphatic rings. The van der Waals surface area contributed by atoms with Crippen molar-refractivity contribution in [2.24, 2.45) is 5.92 Å². The number of hydrogen-bond acceptors (Lipinski definition) is 3. The minimum Gasteiger partial charge on any atom is -0.456 e. The van der Waals surface area contributed by atoms with E-state index in [0.717, 1.165) is 55.6 Å². The molecule has 0 spiro atoms. The molecule has 0 saturated heterocycles. The Morgan fingerprint density at radius 2 is 1.05 bits per heavy atom. The molecule has 11 rings (SSSR count). The number of rotatable bonds is 6. The van der Waals surface area contributed by atoms with Crippen LogP contribution in [0.4, 0.5) is 0 Å². The molecule has 2 atom stereocenters. The van der Waals surface area contributed by atoms with E-state index in [2.05, 4.69) is 188 Å². The molecule has 0 saturated carbocycles. The highest BCUT2D eigenvalue weighted by molar-refractivity contribution is 6.06. The molecule has 0 radical (unpaired) electrons. The summed E-state index contributed by atoms with van der Waals surface area (Å²) in [4.78, 5) is 10.6. The van der Waals surface area contributed by atoms with Gasteiger partial charge in [-0.15, -0.1) is 0 Å². The lowest BCUT2D eigenvalue weighted by Gasteiger charge is -2.39. The van der Waals surface area contributed by atoms with Crippen LogP contribution in [0.3, 0.4) is 0 Å². The van der Waals surface area contributed by atoms with Crippen LogP contribution in [0.15, 0.2) is 211 Å². The average molecular weight is 717 g/mol. The summed E-state index contributed by atoms with van der Waals surface area (Å²) in [6.07, 6.45) is 7.20. The lowest BCUT2D eigenvalue weighted by Crippen LogP contribution is -2.35. The van der Waals surface area contributed by atoms with Crippen molar-refractivity contribution in [2.75, 3.05) is 0 Å². The molecule has 0 bridgehead atoms. The van der Waals surface area contributed by atoms with Crippen molar-refractivity contribution >= 4 is 27.5 Å². The first-order chi connectivity index (χ1) is 27.7. The number of fused-ring (bicyclic) bond motifs is 6. The van der Waals surface area contributed by atoms with Gasteiger partial charge in [-0.25, -0.2) is 9.97 Å². The SMILES string of the molecule is C1=CC2C(C=C1c1cc(-c3ccc4oc5ccccc5c4c3)nc(-c3ccc(-c4ccccc4)cc3)n1)c1ccccc1C2(c1ccccc1)c1ccccc1. The molecule has 0 N–H and O–H groups in total. The van der Waals surface area contributed by atoms with Crippen LogP contribution in [0, 0.1) is 5.92 Å². The Kier molecular flexibility index (Phi) is 7.53. The molecule has 2 heterocycles. The van der Waals surface area contributed by atoms with Gasteiger partial charge in [-0.1, -0.05) is 176 Å². The van der Waals surface area contributed by atoms with Gasteiger partial charge in [0, 0.05) is 33.7 Å². The van der Waals surface area contributed by atoms with Crippen LogP contribution >= 0.6 is 0 Å². The maximum Gasteiger partial charge on any atom is 0.160 e. The van der Waals surface area contributed by atoms with E-state index in [0.29, 0.717) is 5.82 Å². The summed E-state index contributed by atoms with van der Waals surface area (Å²) in [7, 11) is 0. The summed E-state index contributed by atoms with van der Waals surface area (Å²) in [6, 6.07) is 67.0. The first-order valence-corrected chi connectivity index (χ1v) is 19.3. The van der Waals surface area contributed by atoms with Crippen LogP contribution in [-0.4, -0.2) is 9.97 Å². The standard InChI is InChI=1S/C53H36N2O/c1-4-14-35(15-5-1)36-24-26-37(27-25-36)52-54-48(34-49(55-52)39-29-31-51-45(33-39)43-21-11-13-23-50(43)56-51)38-28-30-47-44(32-38)42-20-10-12-22-46(42)53(47,40-16-6-2-7-17-40)41-18-8-3-9-19-41/h1-34,44,47H. The fourth-order valence-electron chi connectivity index (χ4n) is 9.34. The highest BCUT2D eigenvalue weighted by Crippen LogP contribution is 2.60. The molecule has 3 nitrogen and oxygen atoms in total. The summed E-state index contributed by atoms with van der Waals surface area (Å²) in [5.74, 6) is 1.02. The zero-order valence-corrected chi connectivity index (χ0v) is 30.6. The smallest absolute Gasteiger partial charge is 0.160 e. The molecular formula is C53H36N2O. The molecule has 264 valence electrons. The highest BCUT2D eigenvalue weighted by atomic mass is 16.3. The Morgan fingerprint density at radius 3 is 1.82 bits per heavy atom. The first-order valence-electron chi connectivity index (χ1n) is 19.3. The molecule has 0 fully saturated rings. The van der Waals surface area contributed by atoms with Gasteiger partial charge in [0.1, 0.15) is 11.2 Å². The van der Waals surface area contributed by atoms with Crippen molar-refractivity contribution in [3.8, 4) is 33.8 Å². The van der Waals surface area contributed by atoms with Gasteiger partial charge in [0.05, 0.1) is 16.8 Å². The average Bonchev–Trinajstić information content (AvgIpc) is 3.80. The number of aromatic nitrogens is 2. The van der Waals surface area contributed by atoms with Crippen molar-refractivity contribution in [2.45, 2.75) is 11.3 Å². The van der Waals surface area contributed by atoms with Gasteiger partial charge < -0.3 is 4.42 Å². The fourth-order valence-corrected chi connectivity index (χ4v) is 9.34. The molecular weight excluding hydrogens is 681 g/mol. The van der Waals surface area contributed by atoms with E-state index < -0.39 is 0 Å². The second kappa shape index (κ2) is 13.0. The summed E-state index contributed by atoms with van der Waals surface area (Å²) < 4.78 is 6.20. The predicted octanol–water partition coefficient (Wildman–Crippen LogP) is 13.1. The number of hydrogen-bond donors (Lipinski definition) is 0. The summed E-state index contributed by atoms with van der Waals surface area (Å²) in [5.41, 5.74) is 13.9. The number of allylic oxidation sites excluding steroid dienone is 4. The molecule has 9 aromatic rings. The van der Waals surface area contributed by atoms with E-state index >= 15 is 0 Å². The molecule has 3 heteroatoms. The van der Waals surface area contributed by atoms with Crippen LogP contribution in [0.25, 0.3) is 61.3 Å². The van der Waals surface area contributed by atoms with Gasteiger partial charge >= 0.3 is 0 Å². The van der Waals surface area contributed by atoms with Crippen molar-refractivity contribution < 1.29 is 4.42 Å². The zero-order valence-electron chi connectivity index (χ0n) is 30.6. The molecule has 2 unspecified atom stereocenters. The normalized spacial score (nSPS) is 16.8. The van der Waals surface area contributed by atoms with Crippen LogP contribution in [0.1, 0.15) is 33.9 Å². The molecule has 0 aliphatic heterocycles. The predicted molar refractivity (Wildman–Crippen MR) is 228 cm³/mol. The maximum atomic E-state index is 6.20. The summed E-state index contributed by atoms with van der Waals surface area (Å²) in [5, 5.41) is 2.17. The minimum atomic E-state index is -0.340. The first kappa shape index (κ1) is 32.3. The maximum absolute atomic E-state index is 6.20. The van der Waals surface area contributed by atoms with E-state index in [4.69, 9.17) is 14.4 Å². The van der Waals surface area contributed by atoms with Crippen LogP contribution in [0.2, 0.25) is 0 Å². The van der Waals surface area contributed by atoms with Crippen molar-refractivity contribution in [3.63, 3.8) is 0 Å². The lowest BCUT2D eigenvalue weighted by molar-refractivity contribution is 0.457. The molecule has 0 amide bonds. The number of benzene rings is 7. The lowest BCUT2D eigenvalue weighted by atomic mass is 9.63. The van der Waals surface area contributed by atoms with E-state index in [-0.39, 0.29) is 17.3 Å². The van der Waals surface area contributed by atoms with E-state index in [1.807, 2.05) is 18.2 Å². The van der Waals surface area contributed by atoms with Gasteiger partial charge in [0.2, 0.25) is 0 Å². The minimum absolute atomic E-state index is 0.146. The molecule has 2 aliphatic carbocycles. The zero-order chi connectivity index (χ0) is 37.1. The van der Waals surface area contributed by atoms with Crippen LogP contribution < -0.4 is 0 Å². The van der Waals surface area contributed by atoms with E-state index in [1.54, 1.807) is 0 Å². The van der Waals surface area contributed by atoms with Gasteiger partial charge in [0.15, 0.2) is 5.82 Å². The Balaban J connectivity index is 1.07. The quantitative estimate of drug-likeness (QED) is 0.172. The monoisotopic (exact) mass is 716 g/mol. The Hall–Kier alpha value is -7.10. The van der Waals surface area contributed by atoms with Gasteiger partial charge in [0.25, 0.3) is 0 Å². The van der Waals surface area contributed by atoms with Gasteiger partial charge in [-0.2, -0.15) is 0 Å². The fraction of sp³-hybridized carbons (Fsp3) is 0.0566. The summed E-state index contributed by atoms with van der Waals surface area (Å²) in [6.45, 7) is 0. The van der Waals surface area contributed by atoms with Crippen molar-refractivity contribution in [1.82, 2.24) is 9.97 Å². The topological polar surface area (TPSA) is 38.9 Å². The summed E-state index contributed by atoms with van der Waals surface area (Å²) >= 11 is 0. The molecule has 56 heavy (non-hydrogen) atoms. The number of furan rings is 1. The molecule has 7 aromatic carbocycles. The van der Waals surface area contributed by atoms with Crippen molar-refractivity contribution in [1.29, 1.82) is 0 Å².